The maximum atomic E-state index is 5.90. The summed E-state index contributed by atoms with van der Waals surface area (Å²) in [5.74, 6) is 1.05. The average Bonchev–Trinajstić information content (AvgIpc) is 2.57. The molecule has 1 heterocycles. The van der Waals surface area contributed by atoms with Gasteiger partial charge in [0.15, 0.2) is 0 Å². The molecule has 16 heavy (non-hydrogen) atoms. The van der Waals surface area contributed by atoms with Gasteiger partial charge in [0.2, 0.25) is 5.88 Å². The van der Waals surface area contributed by atoms with Crippen molar-refractivity contribution in [3.05, 3.63) is 48.1 Å². The zero-order valence-corrected chi connectivity index (χ0v) is 9.18. The van der Waals surface area contributed by atoms with Crippen molar-refractivity contribution in [2.24, 2.45) is 0 Å². The second-order valence-electron chi connectivity index (χ2n) is 3.50. The van der Waals surface area contributed by atoms with E-state index < -0.39 is 0 Å². The first kappa shape index (κ1) is 10.5. The van der Waals surface area contributed by atoms with Gasteiger partial charge in [0.25, 0.3) is 0 Å². The van der Waals surface area contributed by atoms with Crippen molar-refractivity contribution in [3.8, 4) is 5.88 Å². The van der Waals surface area contributed by atoms with E-state index in [1.165, 1.54) is 0 Å². The molecule has 1 aliphatic rings. The molecule has 3 nitrogen and oxygen atoms in total. The number of rotatable bonds is 2. The fourth-order valence-electron chi connectivity index (χ4n) is 1.62. The van der Waals surface area contributed by atoms with E-state index in [-0.39, 0.29) is 0 Å². The molecule has 0 spiro atoms. The Labute approximate surface area is 94.9 Å². The molecule has 1 aliphatic carbocycles. The number of hydrogen-bond acceptors (Lipinski definition) is 3. The summed E-state index contributed by atoms with van der Waals surface area (Å²) in [6.45, 7) is 0. The van der Waals surface area contributed by atoms with Crippen LogP contribution in [0, 0.1) is 0 Å². The molecule has 0 saturated carbocycles. The van der Waals surface area contributed by atoms with Gasteiger partial charge in [-0.25, -0.2) is 0 Å². The molecule has 0 saturated heterocycles. The van der Waals surface area contributed by atoms with E-state index in [0.717, 1.165) is 17.6 Å². The average molecular weight is 214 g/mol. The van der Waals surface area contributed by atoms with Gasteiger partial charge in [0, 0.05) is 11.6 Å². The predicted octanol–water partition coefficient (Wildman–Crippen LogP) is 2.57. The number of pyridine rings is 1. The molecule has 0 atom stereocenters. The minimum absolute atomic E-state index is 0.509. The summed E-state index contributed by atoms with van der Waals surface area (Å²) in [4.78, 5) is 4.16. The molecule has 0 amide bonds. The summed E-state index contributed by atoms with van der Waals surface area (Å²) in [6.07, 6.45) is 11.0. The highest BCUT2D eigenvalue weighted by atomic mass is 16.5. The molecule has 0 bridgehead atoms. The minimum Gasteiger partial charge on any atom is -0.481 e. The number of nitrogens with two attached hydrogens (primary N) is 1. The predicted molar refractivity (Wildman–Crippen MR) is 66.1 cm³/mol. The number of aromatic nitrogens is 1. The molecule has 0 aromatic carbocycles. The highest BCUT2D eigenvalue weighted by molar-refractivity contribution is 5.75. The zero-order valence-electron chi connectivity index (χ0n) is 9.18. The first-order chi connectivity index (χ1) is 7.81. The third kappa shape index (κ3) is 2.14. The van der Waals surface area contributed by atoms with Crippen molar-refractivity contribution in [2.45, 2.75) is 6.42 Å². The van der Waals surface area contributed by atoms with Crippen molar-refractivity contribution in [1.29, 1.82) is 0 Å². The third-order valence-corrected chi connectivity index (χ3v) is 2.45. The molecule has 0 radical (unpaired) electrons. The van der Waals surface area contributed by atoms with E-state index in [1.54, 1.807) is 7.11 Å². The molecule has 0 unspecified atom stereocenters. The number of ether oxygens (including phenoxy) is 1. The Morgan fingerprint density at radius 3 is 2.88 bits per heavy atom. The van der Waals surface area contributed by atoms with Crippen LogP contribution in [0.2, 0.25) is 0 Å². The summed E-state index contributed by atoms with van der Waals surface area (Å²) >= 11 is 0. The van der Waals surface area contributed by atoms with Crippen LogP contribution in [0.1, 0.15) is 12.0 Å². The lowest BCUT2D eigenvalue weighted by atomic mass is 10.0. The highest BCUT2D eigenvalue weighted by Crippen LogP contribution is 2.26. The first-order valence-electron chi connectivity index (χ1n) is 5.14. The van der Waals surface area contributed by atoms with E-state index >= 15 is 0 Å². The second-order valence-corrected chi connectivity index (χ2v) is 3.50. The van der Waals surface area contributed by atoms with Gasteiger partial charge in [-0.1, -0.05) is 30.4 Å². The third-order valence-electron chi connectivity index (χ3n) is 2.45. The van der Waals surface area contributed by atoms with Crippen LogP contribution < -0.4 is 10.5 Å². The van der Waals surface area contributed by atoms with Crippen molar-refractivity contribution in [2.75, 3.05) is 12.8 Å². The normalized spacial score (nSPS) is 14.4. The number of allylic oxidation sites excluding steroid dienone is 6. The van der Waals surface area contributed by atoms with Crippen LogP contribution in [-0.2, 0) is 0 Å². The maximum absolute atomic E-state index is 5.90. The second kappa shape index (κ2) is 4.66. The van der Waals surface area contributed by atoms with Gasteiger partial charge >= 0.3 is 0 Å². The smallest absolute Gasteiger partial charge is 0.214 e. The van der Waals surface area contributed by atoms with E-state index in [2.05, 4.69) is 17.1 Å². The highest BCUT2D eigenvalue weighted by Gasteiger charge is 2.07. The van der Waals surface area contributed by atoms with Gasteiger partial charge in [0.05, 0.1) is 7.11 Å². The van der Waals surface area contributed by atoms with E-state index in [1.807, 2.05) is 30.4 Å². The number of nitrogen functional groups attached to an aromatic ring is 1. The Morgan fingerprint density at radius 1 is 1.25 bits per heavy atom. The van der Waals surface area contributed by atoms with Crippen LogP contribution in [0.3, 0.4) is 0 Å². The van der Waals surface area contributed by atoms with Crippen LogP contribution >= 0.6 is 0 Å². The van der Waals surface area contributed by atoms with Gasteiger partial charge < -0.3 is 10.5 Å². The molecule has 1 aromatic heterocycles. The molecular weight excluding hydrogens is 200 g/mol. The van der Waals surface area contributed by atoms with Crippen LogP contribution in [0.5, 0.6) is 5.88 Å². The zero-order chi connectivity index (χ0) is 11.4. The van der Waals surface area contributed by atoms with Crippen molar-refractivity contribution in [1.82, 2.24) is 4.98 Å². The fourth-order valence-corrected chi connectivity index (χ4v) is 1.62. The number of hydrogen-bond donors (Lipinski definition) is 1. The van der Waals surface area contributed by atoms with Gasteiger partial charge in [-0.2, -0.15) is 4.98 Å². The Morgan fingerprint density at radius 2 is 2.12 bits per heavy atom. The van der Waals surface area contributed by atoms with Crippen molar-refractivity contribution < 1.29 is 4.74 Å². The van der Waals surface area contributed by atoms with Crippen molar-refractivity contribution in [3.63, 3.8) is 0 Å². The summed E-state index contributed by atoms with van der Waals surface area (Å²) in [7, 11) is 1.58. The standard InChI is InChI=1S/C13H14N2O/c1-16-12-9-8-11(13(14)15-12)10-6-4-2-3-5-7-10/h2-6,8-9H,7H2,1H3,(H2,14,15). The molecule has 2 rings (SSSR count). The van der Waals surface area contributed by atoms with E-state index in [4.69, 9.17) is 10.5 Å². The van der Waals surface area contributed by atoms with Gasteiger partial charge in [-0.15, -0.1) is 0 Å². The molecule has 2 N–H and O–H groups in total. The molecule has 82 valence electrons. The SMILES string of the molecule is COc1ccc(C2=CC=CC=CC2)c(N)n1. The molecule has 3 heteroatoms. The number of anilines is 1. The fraction of sp³-hybridized carbons (Fsp3) is 0.154. The van der Waals surface area contributed by atoms with Gasteiger partial charge in [0.1, 0.15) is 5.82 Å². The summed E-state index contributed by atoms with van der Waals surface area (Å²) < 4.78 is 5.02. The largest absolute Gasteiger partial charge is 0.481 e. The topological polar surface area (TPSA) is 48.1 Å². The summed E-state index contributed by atoms with van der Waals surface area (Å²) in [6, 6.07) is 3.77. The Balaban J connectivity index is 2.37. The Bertz CT molecular complexity index is 473. The van der Waals surface area contributed by atoms with Crippen molar-refractivity contribution >= 4 is 11.4 Å². The molecule has 0 aliphatic heterocycles. The van der Waals surface area contributed by atoms with Crippen LogP contribution in [-0.4, -0.2) is 12.1 Å². The lowest BCUT2D eigenvalue weighted by Crippen LogP contribution is -1.99. The lowest BCUT2D eigenvalue weighted by molar-refractivity contribution is 0.398. The van der Waals surface area contributed by atoms with E-state index in [9.17, 15) is 0 Å². The molecule has 0 fully saturated rings. The van der Waals surface area contributed by atoms with E-state index in [0.29, 0.717) is 11.7 Å². The molecule has 1 aromatic rings. The van der Waals surface area contributed by atoms with Crippen LogP contribution in [0.25, 0.3) is 5.57 Å². The first-order valence-corrected chi connectivity index (χ1v) is 5.14. The molecular formula is C13H14N2O. The van der Waals surface area contributed by atoms with Gasteiger partial charge in [-0.3, -0.25) is 0 Å². The van der Waals surface area contributed by atoms with Crippen LogP contribution in [0.15, 0.2) is 42.5 Å². The maximum Gasteiger partial charge on any atom is 0.214 e. The minimum atomic E-state index is 0.509. The van der Waals surface area contributed by atoms with Gasteiger partial charge in [-0.05, 0) is 18.1 Å². The Kier molecular flexibility index (Phi) is 3.05. The Hall–Kier alpha value is -2.03. The summed E-state index contributed by atoms with van der Waals surface area (Å²) in [5, 5.41) is 0. The number of methoxy groups -OCH3 is 1. The number of nitrogens with zero attached hydrogens (tertiary/aromatic N) is 1. The monoisotopic (exact) mass is 214 g/mol. The quantitative estimate of drug-likeness (QED) is 0.823. The lowest BCUT2D eigenvalue weighted by Gasteiger charge is -2.08. The van der Waals surface area contributed by atoms with Crippen LogP contribution in [0.4, 0.5) is 5.82 Å². The summed E-state index contributed by atoms with van der Waals surface area (Å²) in [5.41, 5.74) is 8.03.